The number of rotatable bonds is 5. The topological polar surface area (TPSA) is 12.0 Å². The fraction of sp³-hybridized carbons (Fsp3) is 0.667. The zero-order valence-electron chi connectivity index (χ0n) is 13.1. The largest absolute Gasteiger partial charge is 0.310 e. The van der Waals surface area contributed by atoms with Gasteiger partial charge in [-0.25, -0.2) is 0 Å². The molecule has 1 saturated carbocycles. The third kappa shape index (κ3) is 4.08. The Balaban J connectivity index is 2.14. The van der Waals surface area contributed by atoms with Gasteiger partial charge in [-0.05, 0) is 61.4 Å². The summed E-state index contributed by atoms with van der Waals surface area (Å²) in [6.45, 7) is 7.79. The molecule has 1 aromatic rings. The number of halogens is 1. The quantitative estimate of drug-likeness (QED) is 0.734. The van der Waals surface area contributed by atoms with Gasteiger partial charge in [-0.15, -0.1) is 0 Å². The van der Waals surface area contributed by atoms with Gasteiger partial charge in [-0.3, -0.25) is 0 Å². The number of nitrogens with one attached hydrogen (secondary N) is 1. The van der Waals surface area contributed by atoms with E-state index < -0.39 is 0 Å². The maximum Gasteiger partial charge on any atom is 0.0349 e. The van der Waals surface area contributed by atoms with E-state index in [4.69, 9.17) is 0 Å². The van der Waals surface area contributed by atoms with E-state index in [2.05, 4.69) is 60.2 Å². The van der Waals surface area contributed by atoms with Crippen molar-refractivity contribution in [2.75, 3.05) is 6.54 Å². The van der Waals surface area contributed by atoms with Gasteiger partial charge in [0.15, 0.2) is 0 Å². The van der Waals surface area contributed by atoms with E-state index in [1.165, 1.54) is 47.7 Å². The van der Waals surface area contributed by atoms with Gasteiger partial charge in [0, 0.05) is 10.5 Å². The predicted octanol–water partition coefficient (Wildman–Crippen LogP) is 5.62. The zero-order valence-corrected chi connectivity index (χ0v) is 14.7. The second kappa shape index (κ2) is 7.61. The molecular weight excluding hydrogens is 310 g/mol. The standard InChI is InChI=1S/C18H28BrN/c1-4-14-6-8-15(9-7-14)18(20-5-2)16-10-13(3)11-17(19)12-16/h10-12,14-15,18,20H,4-9H2,1-3H3. The highest BCUT2D eigenvalue weighted by molar-refractivity contribution is 9.10. The third-order valence-corrected chi connectivity index (χ3v) is 5.25. The lowest BCUT2D eigenvalue weighted by atomic mass is 9.76. The molecule has 1 aliphatic rings. The number of aryl methyl sites for hydroxylation is 1. The van der Waals surface area contributed by atoms with E-state index in [0.717, 1.165) is 18.4 Å². The first kappa shape index (κ1) is 16.0. The van der Waals surface area contributed by atoms with Gasteiger partial charge in [0.1, 0.15) is 0 Å². The Bertz CT molecular complexity index is 401. The van der Waals surface area contributed by atoms with Crippen LogP contribution in [-0.2, 0) is 0 Å². The van der Waals surface area contributed by atoms with Crippen LogP contribution in [0.2, 0.25) is 0 Å². The van der Waals surface area contributed by atoms with Crippen LogP contribution >= 0.6 is 15.9 Å². The lowest BCUT2D eigenvalue weighted by molar-refractivity contribution is 0.220. The molecule has 1 aromatic carbocycles. The molecule has 1 unspecified atom stereocenters. The lowest BCUT2D eigenvalue weighted by Crippen LogP contribution is -2.31. The number of benzene rings is 1. The van der Waals surface area contributed by atoms with Crippen molar-refractivity contribution < 1.29 is 0 Å². The summed E-state index contributed by atoms with van der Waals surface area (Å²) in [6.07, 6.45) is 6.93. The molecule has 1 fully saturated rings. The van der Waals surface area contributed by atoms with Crippen LogP contribution in [0.1, 0.15) is 63.1 Å². The molecule has 0 saturated heterocycles. The molecule has 1 atom stereocenters. The molecular formula is C18H28BrN. The smallest absolute Gasteiger partial charge is 0.0349 e. The van der Waals surface area contributed by atoms with Gasteiger partial charge < -0.3 is 5.32 Å². The molecule has 1 nitrogen and oxygen atoms in total. The Hall–Kier alpha value is -0.340. The Morgan fingerprint density at radius 2 is 1.85 bits per heavy atom. The first-order valence-electron chi connectivity index (χ1n) is 8.14. The summed E-state index contributed by atoms with van der Waals surface area (Å²) < 4.78 is 1.21. The highest BCUT2D eigenvalue weighted by Gasteiger charge is 2.27. The van der Waals surface area contributed by atoms with Gasteiger partial charge in [-0.2, -0.15) is 0 Å². The Morgan fingerprint density at radius 3 is 2.40 bits per heavy atom. The highest BCUT2D eigenvalue weighted by atomic mass is 79.9. The second-order valence-corrected chi connectivity index (χ2v) is 7.20. The molecule has 0 heterocycles. The van der Waals surface area contributed by atoms with Crippen molar-refractivity contribution >= 4 is 15.9 Å². The monoisotopic (exact) mass is 337 g/mol. The van der Waals surface area contributed by atoms with Gasteiger partial charge in [-0.1, -0.05) is 55.1 Å². The minimum atomic E-state index is 0.522. The Morgan fingerprint density at radius 1 is 1.15 bits per heavy atom. The summed E-state index contributed by atoms with van der Waals surface area (Å²) in [5.41, 5.74) is 2.80. The summed E-state index contributed by atoms with van der Waals surface area (Å²) >= 11 is 3.65. The van der Waals surface area contributed by atoms with Crippen molar-refractivity contribution in [2.24, 2.45) is 11.8 Å². The molecule has 0 spiro atoms. The van der Waals surface area contributed by atoms with Crippen molar-refractivity contribution in [1.82, 2.24) is 5.32 Å². The van der Waals surface area contributed by atoms with Crippen molar-refractivity contribution in [3.63, 3.8) is 0 Å². The number of hydrogen-bond donors (Lipinski definition) is 1. The Kier molecular flexibility index (Phi) is 6.10. The Labute approximate surface area is 132 Å². The second-order valence-electron chi connectivity index (χ2n) is 6.29. The summed E-state index contributed by atoms with van der Waals surface area (Å²) in [6, 6.07) is 7.37. The summed E-state index contributed by atoms with van der Waals surface area (Å²) in [4.78, 5) is 0. The first-order chi connectivity index (χ1) is 9.63. The first-order valence-corrected chi connectivity index (χ1v) is 8.93. The van der Waals surface area contributed by atoms with Crippen LogP contribution in [-0.4, -0.2) is 6.54 Å². The van der Waals surface area contributed by atoms with Gasteiger partial charge in [0.05, 0.1) is 0 Å². The van der Waals surface area contributed by atoms with E-state index in [1.54, 1.807) is 0 Å². The van der Waals surface area contributed by atoms with Crippen molar-refractivity contribution in [3.8, 4) is 0 Å². The van der Waals surface area contributed by atoms with Crippen LogP contribution in [0, 0.1) is 18.8 Å². The molecule has 2 heteroatoms. The van der Waals surface area contributed by atoms with Crippen LogP contribution in [0.4, 0.5) is 0 Å². The molecule has 0 amide bonds. The van der Waals surface area contributed by atoms with E-state index in [-0.39, 0.29) is 0 Å². The molecule has 0 aromatic heterocycles. The van der Waals surface area contributed by atoms with Gasteiger partial charge in [0.2, 0.25) is 0 Å². The van der Waals surface area contributed by atoms with E-state index in [0.29, 0.717) is 6.04 Å². The molecule has 20 heavy (non-hydrogen) atoms. The fourth-order valence-electron chi connectivity index (χ4n) is 3.65. The van der Waals surface area contributed by atoms with Crippen molar-refractivity contribution in [3.05, 3.63) is 33.8 Å². The minimum absolute atomic E-state index is 0.522. The molecule has 1 N–H and O–H groups in total. The predicted molar refractivity (Wildman–Crippen MR) is 91.0 cm³/mol. The average Bonchev–Trinajstić information content (AvgIpc) is 2.44. The van der Waals surface area contributed by atoms with Gasteiger partial charge >= 0.3 is 0 Å². The number of hydrogen-bond acceptors (Lipinski definition) is 1. The van der Waals surface area contributed by atoms with Crippen LogP contribution in [0.3, 0.4) is 0 Å². The zero-order chi connectivity index (χ0) is 14.5. The van der Waals surface area contributed by atoms with Crippen LogP contribution in [0.5, 0.6) is 0 Å². The summed E-state index contributed by atoms with van der Waals surface area (Å²) in [7, 11) is 0. The minimum Gasteiger partial charge on any atom is -0.310 e. The normalized spacial score (nSPS) is 24.6. The van der Waals surface area contributed by atoms with Crippen molar-refractivity contribution in [1.29, 1.82) is 0 Å². The van der Waals surface area contributed by atoms with E-state index >= 15 is 0 Å². The molecule has 0 radical (unpaired) electrons. The maximum absolute atomic E-state index is 3.74. The molecule has 0 bridgehead atoms. The van der Waals surface area contributed by atoms with Crippen LogP contribution in [0.25, 0.3) is 0 Å². The van der Waals surface area contributed by atoms with Crippen LogP contribution in [0.15, 0.2) is 22.7 Å². The third-order valence-electron chi connectivity index (χ3n) is 4.79. The van der Waals surface area contributed by atoms with E-state index in [9.17, 15) is 0 Å². The lowest BCUT2D eigenvalue weighted by Gasteiger charge is -2.34. The molecule has 2 rings (SSSR count). The van der Waals surface area contributed by atoms with E-state index in [1.807, 2.05) is 0 Å². The highest BCUT2D eigenvalue weighted by Crippen LogP contribution is 2.38. The fourth-order valence-corrected chi connectivity index (χ4v) is 4.28. The summed E-state index contributed by atoms with van der Waals surface area (Å²) in [5, 5.41) is 3.74. The summed E-state index contributed by atoms with van der Waals surface area (Å²) in [5.74, 6) is 1.77. The molecule has 112 valence electrons. The average molecular weight is 338 g/mol. The molecule has 1 aliphatic carbocycles. The van der Waals surface area contributed by atoms with Gasteiger partial charge in [0.25, 0.3) is 0 Å². The van der Waals surface area contributed by atoms with Crippen LogP contribution < -0.4 is 5.32 Å². The SMILES string of the molecule is CCNC(c1cc(C)cc(Br)c1)C1CCC(CC)CC1. The molecule has 0 aliphatic heterocycles. The van der Waals surface area contributed by atoms with Crippen molar-refractivity contribution in [2.45, 2.75) is 58.9 Å². The maximum atomic E-state index is 3.74.